The van der Waals surface area contributed by atoms with Crippen molar-refractivity contribution in [2.45, 2.75) is 23.6 Å². The molecule has 2 aromatic rings. The van der Waals surface area contributed by atoms with Gasteiger partial charge in [0.05, 0.1) is 11.4 Å². The predicted octanol–water partition coefficient (Wildman–Crippen LogP) is 2.47. The summed E-state index contributed by atoms with van der Waals surface area (Å²) >= 11 is 5.08. The summed E-state index contributed by atoms with van der Waals surface area (Å²) < 4.78 is 1.06. The smallest absolute Gasteiger partial charge is 0.254 e. The molecule has 0 aliphatic carbocycles. The summed E-state index contributed by atoms with van der Waals surface area (Å²) in [7, 11) is 0. The Hall–Kier alpha value is -1.11. The molecule has 6 heteroatoms. The maximum atomic E-state index is 12.0. The highest BCUT2D eigenvalue weighted by molar-refractivity contribution is 9.10. The predicted molar refractivity (Wildman–Crippen MR) is 84.0 cm³/mol. The second-order valence-corrected chi connectivity index (χ2v) is 6.57. The first kappa shape index (κ1) is 13.9. The quantitative estimate of drug-likeness (QED) is 0.834. The van der Waals surface area contributed by atoms with E-state index in [1.165, 1.54) is 0 Å². The highest BCUT2D eigenvalue weighted by Gasteiger charge is 2.14. The Kier molecular flexibility index (Phi) is 4.24. The van der Waals surface area contributed by atoms with Gasteiger partial charge in [-0.3, -0.25) is 4.79 Å². The molecule has 0 unspecified atom stereocenters. The van der Waals surface area contributed by atoms with E-state index < -0.39 is 0 Å². The van der Waals surface area contributed by atoms with Crippen molar-refractivity contribution in [3.05, 3.63) is 56.2 Å². The fourth-order valence-corrected chi connectivity index (χ4v) is 3.20. The number of fused-ring (bicyclic) bond motifs is 1. The fourth-order valence-electron chi connectivity index (χ4n) is 2.17. The van der Waals surface area contributed by atoms with Gasteiger partial charge in [0.1, 0.15) is 5.82 Å². The lowest BCUT2D eigenvalue weighted by molar-refractivity contribution is 0.614. The molecule has 0 saturated carbocycles. The first-order valence-corrected chi connectivity index (χ1v) is 8.20. The second-order valence-electron chi connectivity index (χ2n) is 4.61. The monoisotopic (exact) mass is 351 g/mol. The molecule has 2 N–H and O–H groups in total. The van der Waals surface area contributed by atoms with Gasteiger partial charge in [-0.05, 0) is 37.2 Å². The van der Waals surface area contributed by atoms with Crippen molar-refractivity contribution < 1.29 is 0 Å². The summed E-state index contributed by atoms with van der Waals surface area (Å²) in [6.45, 7) is 1.54. The van der Waals surface area contributed by atoms with E-state index in [4.69, 9.17) is 0 Å². The minimum atomic E-state index is 0.0166. The lowest BCUT2D eigenvalue weighted by atomic mass is 10.1. The minimum absolute atomic E-state index is 0.0166. The molecule has 0 radical (unpaired) electrons. The Morgan fingerprint density at radius 1 is 1.30 bits per heavy atom. The van der Waals surface area contributed by atoms with Crippen LogP contribution in [0.2, 0.25) is 0 Å². The number of thioether (sulfide) groups is 1. The molecule has 1 aliphatic heterocycles. The fraction of sp³-hybridized carbons (Fsp3) is 0.286. The molecule has 104 valence electrons. The van der Waals surface area contributed by atoms with Gasteiger partial charge < -0.3 is 10.3 Å². The Morgan fingerprint density at radius 3 is 2.90 bits per heavy atom. The molecular formula is C14H14BrN3OS. The third-order valence-electron chi connectivity index (χ3n) is 3.18. The molecule has 0 saturated heterocycles. The van der Waals surface area contributed by atoms with Crippen LogP contribution in [0.25, 0.3) is 0 Å². The van der Waals surface area contributed by atoms with Crippen molar-refractivity contribution in [1.29, 1.82) is 0 Å². The zero-order valence-electron chi connectivity index (χ0n) is 10.8. The van der Waals surface area contributed by atoms with Gasteiger partial charge in [0.25, 0.3) is 5.56 Å². The van der Waals surface area contributed by atoms with Crippen LogP contribution in [0.3, 0.4) is 0 Å². The summed E-state index contributed by atoms with van der Waals surface area (Å²) in [5.41, 5.74) is 1.75. The number of aromatic amines is 1. The van der Waals surface area contributed by atoms with Crippen molar-refractivity contribution in [2.24, 2.45) is 0 Å². The van der Waals surface area contributed by atoms with Crippen molar-refractivity contribution >= 4 is 27.7 Å². The van der Waals surface area contributed by atoms with Gasteiger partial charge >= 0.3 is 0 Å². The number of hydrogen-bond acceptors (Lipinski definition) is 4. The highest BCUT2D eigenvalue weighted by atomic mass is 79.9. The molecule has 0 atom stereocenters. The van der Waals surface area contributed by atoms with Crippen LogP contribution in [-0.2, 0) is 18.7 Å². The number of rotatable bonds is 3. The SMILES string of the molecule is O=c1[nH]c(CSc2ccc(Br)cc2)nc2c1CCNC2. The van der Waals surface area contributed by atoms with Crippen LogP contribution >= 0.6 is 27.7 Å². The summed E-state index contributed by atoms with van der Waals surface area (Å²) in [6.07, 6.45) is 0.762. The Labute approximate surface area is 129 Å². The summed E-state index contributed by atoms with van der Waals surface area (Å²) in [6, 6.07) is 8.12. The van der Waals surface area contributed by atoms with E-state index in [2.05, 4.69) is 31.2 Å². The van der Waals surface area contributed by atoms with Gasteiger partial charge in [-0.15, -0.1) is 11.8 Å². The number of H-pyrrole nitrogens is 1. The molecule has 0 fully saturated rings. The summed E-state index contributed by atoms with van der Waals surface area (Å²) in [4.78, 5) is 20.6. The maximum absolute atomic E-state index is 12.0. The number of hydrogen-bond donors (Lipinski definition) is 2. The maximum Gasteiger partial charge on any atom is 0.254 e. The molecule has 1 aromatic heterocycles. The molecule has 0 bridgehead atoms. The zero-order chi connectivity index (χ0) is 13.9. The van der Waals surface area contributed by atoms with E-state index in [1.54, 1.807) is 11.8 Å². The van der Waals surface area contributed by atoms with E-state index in [-0.39, 0.29) is 5.56 Å². The van der Waals surface area contributed by atoms with Crippen molar-refractivity contribution in [3.8, 4) is 0 Å². The lowest BCUT2D eigenvalue weighted by Gasteiger charge is -2.15. The van der Waals surface area contributed by atoms with Crippen LogP contribution in [0.1, 0.15) is 17.1 Å². The number of nitrogens with zero attached hydrogens (tertiary/aromatic N) is 1. The van der Waals surface area contributed by atoms with Gasteiger partial charge in [-0.25, -0.2) is 4.98 Å². The Morgan fingerprint density at radius 2 is 2.10 bits per heavy atom. The number of nitrogens with one attached hydrogen (secondary N) is 2. The molecule has 1 aromatic carbocycles. The van der Waals surface area contributed by atoms with Crippen molar-refractivity contribution in [2.75, 3.05) is 6.54 Å². The molecule has 4 nitrogen and oxygen atoms in total. The Bertz CT molecular complexity index is 669. The molecule has 0 amide bonds. The summed E-state index contributed by atoms with van der Waals surface area (Å²) in [5.74, 6) is 1.41. The number of halogens is 1. The van der Waals surface area contributed by atoms with Crippen LogP contribution in [0.15, 0.2) is 38.4 Å². The van der Waals surface area contributed by atoms with Crippen molar-refractivity contribution in [3.63, 3.8) is 0 Å². The first-order chi connectivity index (χ1) is 9.72. The van der Waals surface area contributed by atoms with Gasteiger partial charge in [0, 0.05) is 21.5 Å². The first-order valence-electron chi connectivity index (χ1n) is 6.42. The number of benzene rings is 1. The third-order valence-corrected chi connectivity index (χ3v) is 4.74. The highest BCUT2D eigenvalue weighted by Crippen LogP contribution is 2.23. The standard InChI is InChI=1S/C14H14BrN3OS/c15-9-1-3-10(4-2-9)20-8-13-17-12-7-16-6-5-11(12)14(19)18-13/h1-4,16H,5-8H2,(H,17,18,19). The topological polar surface area (TPSA) is 57.8 Å². The summed E-state index contributed by atoms with van der Waals surface area (Å²) in [5, 5.41) is 3.25. The molecule has 1 aliphatic rings. The lowest BCUT2D eigenvalue weighted by Crippen LogP contribution is -2.31. The van der Waals surface area contributed by atoms with Gasteiger partial charge in [-0.1, -0.05) is 15.9 Å². The molecule has 2 heterocycles. The molecule has 3 rings (SSSR count). The average molecular weight is 352 g/mol. The van der Waals surface area contributed by atoms with Gasteiger partial charge in [0.15, 0.2) is 0 Å². The van der Waals surface area contributed by atoms with Crippen LogP contribution in [-0.4, -0.2) is 16.5 Å². The van der Waals surface area contributed by atoms with E-state index in [0.29, 0.717) is 12.3 Å². The molecular weight excluding hydrogens is 338 g/mol. The Balaban J connectivity index is 1.76. The van der Waals surface area contributed by atoms with E-state index >= 15 is 0 Å². The van der Waals surface area contributed by atoms with E-state index in [0.717, 1.165) is 39.4 Å². The molecule has 20 heavy (non-hydrogen) atoms. The zero-order valence-corrected chi connectivity index (χ0v) is 13.2. The molecule has 0 spiro atoms. The van der Waals surface area contributed by atoms with Crippen LogP contribution in [0, 0.1) is 0 Å². The van der Waals surface area contributed by atoms with Crippen molar-refractivity contribution in [1.82, 2.24) is 15.3 Å². The second kappa shape index (κ2) is 6.11. The van der Waals surface area contributed by atoms with Gasteiger partial charge in [0.2, 0.25) is 0 Å². The average Bonchev–Trinajstić information content (AvgIpc) is 2.47. The van der Waals surface area contributed by atoms with Crippen LogP contribution in [0.4, 0.5) is 0 Å². The minimum Gasteiger partial charge on any atom is -0.311 e. The van der Waals surface area contributed by atoms with Crippen LogP contribution < -0.4 is 10.9 Å². The van der Waals surface area contributed by atoms with Crippen LogP contribution in [0.5, 0.6) is 0 Å². The number of aromatic nitrogens is 2. The third kappa shape index (κ3) is 3.13. The largest absolute Gasteiger partial charge is 0.311 e. The normalized spacial score (nSPS) is 14.1. The van der Waals surface area contributed by atoms with E-state index in [9.17, 15) is 4.79 Å². The van der Waals surface area contributed by atoms with Gasteiger partial charge in [-0.2, -0.15) is 0 Å². The van der Waals surface area contributed by atoms with E-state index in [1.807, 2.05) is 24.3 Å².